The summed E-state index contributed by atoms with van der Waals surface area (Å²) in [7, 11) is -3.11. The summed E-state index contributed by atoms with van der Waals surface area (Å²) >= 11 is 0. The van der Waals surface area contributed by atoms with Gasteiger partial charge in [-0.05, 0) is 52.3 Å². The van der Waals surface area contributed by atoms with E-state index in [1.54, 1.807) is 13.0 Å². The molecule has 2 unspecified atom stereocenters. The molecule has 30 heavy (non-hydrogen) atoms. The molecule has 1 aliphatic rings. The predicted molar refractivity (Wildman–Crippen MR) is 115 cm³/mol. The molecule has 8 heteroatoms. The van der Waals surface area contributed by atoms with Crippen molar-refractivity contribution in [2.24, 2.45) is 0 Å². The third kappa shape index (κ3) is 4.43. The van der Waals surface area contributed by atoms with Crippen LogP contribution in [0.3, 0.4) is 0 Å². The van der Waals surface area contributed by atoms with Crippen LogP contribution in [0.1, 0.15) is 42.0 Å². The lowest BCUT2D eigenvalue weighted by atomic mass is 10.2. The number of aromatic nitrogens is 1. The maximum atomic E-state index is 12.9. The minimum atomic E-state index is -3.11. The van der Waals surface area contributed by atoms with Crippen molar-refractivity contribution in [2.75, 3.05) is 18.1 Å². The number of benzene rings is 1. The summed E-state index contributed by atoms with van der Waals surface area (Å²) < 4.78 is 31.0. The molecular formula is C22H28N2O5S. The van der Waals surface area contributed by atoms with Gasteiger partial charge in [0.25, 0.3) is 5.91 Å². The fourth-order valence-corrected chi connectivity index (χ4v) is 5.80. The average Bonchev–Trinajstić information content (AvgIpc) is 3.21. The Kier molecular flexibility index (Phi) is 6.36. The molecule has 1 saturated heterocycles. The summed E-state index contributed by atoms with van der Waals surface area (Å²) in [6, 6.07) is 11.1. The monoisotopic (exact) mass is 432 g/mol. The van der Waals surface area contributed by atoms with Crippen LogP contribution in [-0.4, -0.2) is 60.0 Å². The standard InChI is InChI=1S/C22H28N2O5S/c1-5-23(19-11-12-30(27,28)14-19)21(25)17(4)29-22(26)20-13-15(2)24(16(20)3)18-9-7-6-8-10-18/h6-10,13,17,19H,5,11-12,14H2,1-4H3. The van der Waals surface area contributed by atoms with E-state index in [1.807, 2.05) is 48.7 Å². The van der Waals surface area contributed by atoms with E-state index in [0.29, 0.717) is 18.5 Å². The molecule has 162 valence electrons. The van der Waals surface area contributed by atoms with Gasteiger partial charge in [-0.1, -0.05) is 18.2 Å². The van der Waals surface area contributed by atoms with Crippen LogP contribution < -0.4 is 0 Å². The van der Waals surface area contributed by atoms with E-state index in [2.05, 4.69) is 0 Å². The number of rotatable bonds is 6. The Labute approximate surface area is 177 Å². The summed E-state index contributed by atoms with van der Waals surface area (Å²) in [5.41, 5.74) is 2.96. The van der Waals surface area contributed by atoms with Crippen LogP contribution in [0.2, 0.25) is 0 Å². The number of carbonyl (C=O) groups excluding carboxylic acids is 2. The van der Waals surface area contributed by atoms with Gasteiger partial charge in [-0.25, -0.2) is 13.2 Å². The number of nitrogens with zero attached hydrogens (tertiary/aromatic N) is 2. The molecule has 0 radical (unpaired) electrons. The first-order valence-corrected chi connectivity index (χ1v) is 11.9. The SMILES string of the molecule is CCN(C(=O)C(C)OC(=O)c1cc(C)n(-c2ccccc2)c1C)C1CCS(=O)(=O)C1. The van der Waals surface area contributed by atoms with Gasteiger partial charge >= 0.3 is 5.97 Å². The normalized spacial score (nSPS) is 18.7. The molecule has 3 rings (SSSR count). The van der Waals surface area contributed by atoms with Crippen molar-refractivity contribution in [3.63, 3.8) is 0 Å². The highest BCUT2D eigenvalue weighted by atomic mass is 32.2. The molecular weight excluding hydrogens is 404 g/mol. The van der Waals surface area contributed by atoms with Crippen molar-refractivity contribution in [1.82, 2.24) is 9.47 Å². The average molecular weight is 433 g/mol. The summed E-state index contributed by atoms with van der Waals surface area (Å²) in [4.78, 5) is 27.2. The van der Waals surface area contributed by atoms with Gasteiger partial charge in [-0.3, -0.25) is 4.79 Å². The van der Waals surface area contributed by atoms with E-state index in [0.717, 1.165) is 17.1 Å². The molecule has 2 atom stereocenters. The minimum absolute atomic E-state index is 0.0362. The van der Waals surface area contributed by atoms with Crippen molar-refractivity contribution in [1.29, 1.82) is 0 Å². The zero-order chi connectivity index (χ0) is 22.1. The fourth-order valence-electron chi connectivity index (χ4n) is 4.07. The van der Waals surface area contributed by atoms with E-state index in [9.17, 15) is 18.0 Å². The highest BCUT2D eigenvalue weighted by molar-refractivity contribution is 7.91. The molecule has 2 heterocycles. The Morgan fingerprint density at radius 1 is 1.23 bits per heavy atom. The van der Waals surface area contributed by atoms with Gasteiger partial charge in [-0.2, -0.15) is 0 Å². The van der Waals surface area contributed by atoms with E-state index in [1.165, 1.54) is 11.8 Å². The van der Waals surface area contributed by atoms with Crippen LogP contribution in [0.15, 0.2) is 36.4 Å². The maximum Gasteiger partial charge on any atom is 0.340 e. The number of hydrogen-bond acceptors (Lipinski definition) is 5. The summed E-state index contributed by atoms with van der Waals surface area (Å²) in [5, 5.41) is 0. The Hall–Kier alpha value is -2.61. The highest BCUT2D eigenvalue weighted by Gasteiger charge is 2.36. The van der Waals surface area contributed by atoms with E-state index in [-0.39, 0.29) is 23.5 Å². The first-order chi connectivity index (χ1) is 14.1. The second-order valence-electron chi connectivity index (χ2n) is 7.68. The largest absolute Gasteiger partial charge is 0.449 e. The van der Waals surface area contributed by atoms with Gasteiger partial charge < -0.3 is 14.2 Å². The van der Waals surface area contributed by atoms with Gasteiger partial charge in [-0.15, -0.1) is 0 Å². The van der Waals surface area contributed by atoms with Crippen LogP contribution in [0.4, 0.5) is 0 Å². The molecule has 1 aromatic heterocycles. The molecule has 7 nitrogen and oxygen atoms in total. The number of likely N-dealkylation sites (N-methyl/N-ethyl adjacent to an activating group) is 1. The van der Waals surface area contributed by atoms with Gasteiger partial charge in [0.2, 0.25) is 0 Å². The van der Waals surface area contributed by atoms with Crippen LogP contribution in [0.5, 0.6) is 0 Å². The lowest BCUT2D eigenvalue weighted by Gasteiger charge is -2.29. The van der Waals surface area contributed by atoms with Crippen molar-refractivity contribution in [3.05, 3.63) is 53.3 Å². The van der Waals surface area contributed by atoms with Crippen molar-refractivity contribution < 1.29 is 22.7 Å². The number of carbonyl (C=O) groups is 2. The van der Waals surface area contributed by atoms with Gasteiger partial charge in [0.15, 0.2) is 15.9 Å². The molecule has 0 spiro atoms. The number of sulfone groups is 1. The second kappa shape index (κ2) is 8.63. The third-order valence-corrected chi connectivity index (χ3v) is 7.32. The van der Waals surface area contributed by atoms with Crippen LogP contribution in [-0.2, 0) is 19.4 Å². The van der Waals surface area contributed by atoms with Crippen LogP contribution in [0, 0.1) is 13.8 Å². The van der Waals surface area contributed by atoms with Crippen LogP contribution in [0.25, 0.3) is 5.69 Å². The number of para-hydroxylation sites is 1. The summed E-state index contributed by atoms with van der Waals surface area (Å²) in [6.07, 6.45) is -0.582. The maximum absolute atomic E-state index is 12.9. The second-order valence-corrected chi connectivity index (χ2v) is 9.91. The molecule has 0 saturated carbocycles. The Balaban J connectivity index is 1.75. The first kappa shape index (κ1) is 22.1. The smallest absolute Gasteiger partial charge is 0.340 e. The molecule has 0 bridgehead atoms. The van der Waals surface area contributed by atoms with Gasteiger partial charge in [0, 0.05) is 29.7 Å². The van der Waals surface area contributed by atoms with Crippen molar-refractivity contribution in [3.8, 4) is 5.69 Å². The molecule has 1 aliphatic heterocycles. The minimum Gasteiger partial charge on any atom is -0.449 e. The first-order valence-electron chi connectivity index (χ1n) is 10.1. The zero-order valence-electron chi connectivity index (χ0n) is 17.8. The lowest BCUT2D eigenvalue weighted by molar-refractivity contribution is -0.141. The Bertz CT molecular complexity index is 1040. The topological polar surface area (TPSA) is 85.7 Å². The number of amides is 1. The molecule has 0 aliphatic carbocycles. The molecule has 2 aromatic rings. The predicted octanol–water partition coefficient (Wildman–Crippen LogP) is 2.68. The number of aryl methyl sites for hydroxylation is 1. The fraction of sp³-hybridized carbons (Fsp3) is 0.455. The van der Waals surface area contributed by atoms with E-state index in [4.69, 9.17) is 4.74 Å². The quantitative estimate of drug-likeness (QED) is 0.655. The summed E-state index contributed by atoms with van der Waals surface area (Å²) in [6.45, 7) is 7.44. The zero-order valence-corrected chi connectivity index (χ0v) is 18.6. The highest BCUT2D eigenvalue weighted by Crippen LogP contribution is 2.23. The van der Waals surface area contributed by atoms with E-state index >= 15 is 0 Å². The number of hydrogen-bond donors (Lipinski definition) is 0. The Morgan fingerprint density at radius 2 is 1.90 bits per heavy atom. The number of ether oxygens (including phenoxy) is 1. The third-order valence-electron chi connectivity index (χ3n) is 5.57. The summed E-state index contributed by atoms with van der Waals surface area (Å²) in [5.74, 6) is -0.891. The molecule has 1 aromatic carbocycles. The van der Waals surface area contributed by atoms with Gasteiger partial charge in [0.05, 0.1) is 17.1 Å². The number of esters is 1. The molecule has 1 amide bonds. The molecule has 0 N–H and O–H groups in total. The van der Waals surface area contributed by atoms with Crippen molar-refractivity contribution >= 4 is 21.7 Å². The van der Waals surface area contributed by atoms with Crippen LogP contribution >= 0.6 is 0 Å². The van der Waals surface area contributed by atoms with Crippen molar-refractivity contribution in [2.45, 2.75) is 46.3 Å². The van der Waals surface area contributed by atoms with Gasteiger partial charge in [0.1, 0.15) is 0 Å². The van der Waals surface area contributed by atoms with E-state index < -0.39 is 21.9 Å². The Morgan fingerprint density at radius 3 is 2.47 bits per heavy atom. The lowest BCUT2D eigenvalue weighted by Crippen LogP contribution is -2.46. The molecule has 1 fully saturated rings.